The first-order valence-electron chi connectivity index (χ1n) is 6.19. The van der Waals surface area contributed by atoms with Gasteiger partial charge in [-0.15, -0.1) is 0 Å². The van der Waals surface area contributed by atoms with E-state index in [4.69, 9.17) is 17.0 Å². The van der Waals surface area contributed by atoms with E-state index in [9.17, 15) is 0 Å². The highest BCUT2D eigenvalue weighted by atomic mass is 32.1. The van der Waals surface area contributed by atoms with Gasteiger partial charge < -0.3 is 10.1 Å². The number of methoxy groups -OCH3 is 1. The molecule has 0 saturated heterocycles. The zero-order chi connectivity index (χ0) is 14.3. The molecule has 0 spiro atoms. The highest BCUT2D eigenvalue weighted by Crippen LogP contribution is 2.04. The molecule has 5 heteroatoms. The SMILES string of the molecule is COC[C@H](C)NC(=S)N/N=C(/C)c1ccc(C)cc1. The summed E-state index contributed by atoms with van der Waals surface area (Å²) in [4.78, 5) is 0. The number of aryl methyl sites for hydroxylation is 1. The number of ether oxygens (including phenoxy) is 1. The molecular formula is C14H21N3OS. The monoisotopic (exact) mass is 279 g/mol. The lowest BCUT2D eigenvalue weighted by atomic mass is 10.1. The quantitative estimate of drug-likeness (QED) is 0.493. The van der Waals surface area contributed by atoms with Gasteiger partial charge in [-0.1, -0.05) is 29.8 Å². The normalized spacial score (nSPS) is 12.9. The van der Waals surface area contributed by atoms with Crippen molar-refractivity contribution in [2.45, 2.75) is 26.8 Å². The Morgan fingerprint density at radius 2 is 2.00 bits per heavy atom. The van der Waals surface area contributed by atoms with E-state index in [2.05, 4.69) is 34.9 Å². The van der Waals surface area contributed by atoms with Crippen LogP contribution in [0.1, 0.15) is 25.0 Å². The van der Waals surface area contributed by atoms with Gasteiger partial charge in [-0.05, 0) is 38.6 Å². The Kier molecular flexibility index (Phi) is 6.45. The van der Waals surface area contributed by atoms with Crippen molar-refractivity contribution in [2.24, 2.45) is 5.10 Å². The molecule has 0 heterocycles. The number of hydrogen-bond donors (Lipinski definition) is 2. The maximum Gasteiger partial charge on any atom is 0.187 e. The lowest BCUT2D eigenvalue weighted by Crippen LogP contribution is -2.40. The molecule has 104 valence electrons. The van der Waals surface area contributed by atoms with Crippen molar-refractivity contribution in [3.63, 3.8) is 0 Å². The van der Waals surface area contributed by atoms with E-state index >= 15 is 0 Å². The second kappa shape index (κ2) is 7.86. The van der Waals surface area contributed by atoms with E-state index in [1.165, 1.54) is 5.56 Å². The Labute approximate surface area is 120 Å². The minimum absolute atomic E-state index is 0.153. The number of hydrogen-bond acceptors (Lipinski definition) is 3. The molecule has 1 atom stereocenters. The van der Waals surface area contributed by atoms with E-state index in [1.807, 2.05) is 26.0 Å². The molecule has 1 rings (SSSR count). The van der Waals surface area contributed by atoms with Crippen LogP contribution in [0.4, 0.5) is 0 Å². The molecule has 0 radical (unpaired) electrons. The Balaban J connectivity index is 2.51. The fourth-order valence-electron chi connectivity index (χ4n) is 1.54. The summed E-state index contributed by atoms with van der Waals surface area (Å²) in [6.45, 7) is 6.60. The van der Waals surface area contributed by atoms with Crippen LogP contribution >= 0.6 is 12.2 Å². The van der Waals surface area contributed by atoms with Crippen LogP contribution in [0.25, 0.3) is 0 Å². The summed E-state index contributed by atoms with van der Waals surface area (Å²) in [6.07, 6.45) is 0. The predicted molar refractivity (Wildman–Crippen MR) is 83.6 cm³/mol. The van der Waals surface area contributed by atoms with Gasteiger partial charge in [0.25, 0.3) is 0 Å². The molecule has 0 aliphatic carbocycles. The van der Waals surface area contributed by atoms with Crippen molar-refractivity contribution in [3.05, 3.63) is 35.4 Å². The third-order valence-corrected chi connectivity index (χ3v) is 2.80. The van der Waals surface area contributed by atoms with Gasteiger partial charge in [0.1, 0.15) is 0 Å². The predicted octanol–water partition coefficient (Wildman–Crippen LogP) is 2.22. The van der Waals surface area contributed by atoms with Crippen molar-refractivity contribution in [2.75, 3.05) is 13.7 Å². The van der Waals surface area contributed by atoms with Gasteiger partial charge in [-0.2, -0.15) is 5.10 Å². The summed E-state index contributed by atoms with van der Waals surface area (Å²) < 4.78 is 5.02. The number of hydrazone groups is 1. The highest BCUT2D eigenvalue weighted by Gasteiger charge is 2.03. The Morgan fingerprint density at radius 3 is 2.58 bits per heavy atom. The smallest absolute Gasteiger partial charge is 0.187 e. The number of rotatable bonds is 5. The molecule has 0 aromatic heterocycles. The fraction of sp³-hybridized carbons (Fsp3) is 0.429. The zero-order valence-electron chi connectivity index (χ0n) is 11.9. The summed E-state index contributed by atoms with van der Waals surface area (Å²) in [7, 11) is 1.66. The van der Waals surface area contributed by atoms with Gasteiger partial charge in [-0.25, -0.2) is 0 Å². The first-order chi connectivity index (χ1) is 9.02. The van der Waals surface area contributed by atoms with Crippen LogP contribution < -0.4 is 10.7 Å². The molecule has 0 aliphatic rings. The van der Waals surface area contributed by atoms with Crippen molar-refractivity contribution in [3.8, 4) is 0 Å². The lowest BCUT2D eigenvalue weighted by Gasteiger charge is -2.14. The van der Waals surface area contributed by atoms with E-state index in [0.29, 0.717) is 11.7 Å². The summed E-state index contributed by atoms with van der Waals surface area (Å²) in [5, 5.41) is 7.84. The summed E-state index contributed by atoms with van der Waals surface area (Å²) >= 11 is 5.15. The standard InChI is InChI=1S/C14H21N3OS/c1-10-5-7-13(8-6-10)12(3)16-17-14(19)15-11(2)9-18-4/h5-8,11H,9H2,1-4H3,(H2,15,17,19)/b16-12-/t11-/m0/s1. The maximum atomic E-state index is 5.15. The van der Waals surface area contributed by atoms with Crippen molar-refractivity contribution < 1.29 is 4.74 Å². The molecular weight excluding hydrogens is 258 g/mol. The first kappa shape index (κ1) is 15.6. The molecule has 0 unspecified atom stereocenters. The van der Waals surface area contributed by atoms with Gasteiger partial charge in [-0.3, -0.25) is 5.43 Å². The molecule has 4 nitrogen and oxygen atoms in total. The molecule has 0 aliphatic heterocycles. The van der Waals surface area contributed by atoms with E-state index < -0.39 is 0 Å². The van der Waals surface area contributed by atoms with Gasteiger partial charge in [0, 0.05) is 13.2 Å². The molecule has 0 fully saturated rings. The largest absolute Gasteiger partial charge is 0.383 e. The summed E-state index contributed by atoms with van der Waals surface area (Å²) in [5.41, 5.74) is 6.04. The molecule has 0 amide bonds. The average Bonchev–Trinajstić information content (AvgIpc) is 2.37. The Bertz CT molecular complexity index is 443. The lowest BCUT2D eigenvalue weighted by molar-refractivity contribution is 0.179. The molecule has 1 aromatic rings. The van der Waals surface area contributed by atoms with Gasteiger partial charge in [0.2, 0.25) is 0 Å². The Morgan fingerprint density at radius 1 is 1.37 bits per heavy atom. The van der Waals surface area contributed by atoms with E-state index in [1.54, 1.807) is 7.11 Å². The third-order valence-electron chi connectivity index (χ3n) is 2.59. The Hall–Kier alpha value is -1.46. The van der Waals surface area contributed by atoms with Crippen LogP contribution in [0.15, 0.2) is 29.4 Å². The van der Waals surface area contributed by atoms with Crippen LogP contribution in [-0.4, -0.2) is 30.6 Å². The minimum atomic E-state index is 0.153. The average molecular weight is 279 g/mol. The van der Waals surface area contributed by atoms with Crippen molar-refractivity contribution in [1.82, 2.24) is 10.7 Å². The fourth-order valence-corrected chi connectivity index (χ4v) is 1.79. The van der Waals surface area contributed by atoms with Gasteiger partial charge in [0.15, 0.2) is 5.11 Å². The molecule has 0 bridgehead atoms. The minimum Gasteiger partial charge on any atom is -0.383 e. The van der Waals surface area contributed by atoms with Crippen molar-refractivity contribution >= 4 is 23.0 Å². The van der Waals surface area contributed by atoms with Crippen molar-refractivity contribution in [1.29, 1.82) is 0 Å². The maximum absolute atomic E-state index is 5.15. The number of thiocarbonyl (C=S) groups is 1. The topological polar surface area (TPSA) is 45.6 Å². The first-order valence-corrected chi connectivity index (χ1v) is 6.60. The number of benzene rings is 1. The van der Waals surface area contributed by atoms with Gasteiger partial charge in [0.05, 0.1) is 12.3 Å². The van der Waals surface area contributed by atoms with Crippen LogP contribution in [0, 0.1) is 6.92 Å². The van der Waals surface area contributed by atoms with Crippen LogP contribution in [0.5, 0.6) is 0 Å². The van der Waals surface area contributed by atoms with Gasteiger partial charge >= 0.3 is 0 Å². The van der Waals surface area contributed by atoms with Crippen LogP contribution in [0.2, 0.25) is 0 Å². The summed E-state index contributed by atoms with van der Waals surface area (Å²) in [5.74, 6) is 0. The molecule has 1 aromatic carbocycles. The second-order valence-electron chi connectivity index (χ2n) is 4.50. The summed E-state index contributed by atoms with van der Waals surface area (Å²) in [6, 6.07) is 8.36. The number of nitrogens with one attached hydrogen (secondary N) is 2. The molecule has 2 N–H and O–H groups in total. The van der Waals surface area contributed by atoms with E-state index in [0.717, 1.165) is 11.3 Å². The van der Waals surface area contributed by atoms with Crippen LogP contribution in [-0.2, 0) is 4.74 Å². The zero-order valence-corrected chi connectivity index (χ0v) is 12.7. The molecule has 0 saturated carbocycles. The highest BCUT2D eigenvalue weighted by molar-refractivity contribution is 7.80. The molecule has 19 heavy (non-hydrogen) atoms. The number of nitrogens with zero attached hydrogens (tertiary/aromatic N) is 1. The third kappa shape index (κ3) is 5.81. The van der Waals surface area contributed by atoms with E-state index in [-0.39, 0.29) is 6.04 Å². The van der Waals surface area contributed by atoms with Crippen LogP contribution in [0.3, 0.4) is 0 Å². The second-order valence-corrected chi connectivity index (χ2v) is 4.91.